The molecule has 0 aromatic rings. The first-order valence-electron chi connectivity index (χ1n) is 32.4. The number of allylic oxidation sites excluding steroid dienone is 12. The summed E-state index contributed by atoms with van der Waals surface area (Å²) in [6.45, 7) is 6.61. The summed E-state index contributed by atoms with van der Waals surface area (Å²) in [7, 11) is 0. The van der Waals surface area contributed by atoms with Crippen LogP contribution >= 0.6 is 0 Å². The molecule has 1 atom stereocenters. The lowest BCUT2D eigenvalue weighted by atomic mass is 10.1. The molecule has 0 unspecified atom stereocenters. The highest BCUT2D eigenvalue weighted by Crippen LogP contribution is 2.16. The van der Waals surface area contributed by atoms with Gasteiger partial charge in [-0.1, -0.05) is 267 Å². The number of hydrogen-bond acceptors (Lipinski definition) is 6. The SMILES string of the molecule is CCCCC/C=C\C/C=C\C/C=C\CCCCCCCCC(=O)O[C@@H](COC(=O)CCCCCCCCCCC/C=C\C/C=C\CCCCC)COC(=O)CCCCCCCCCCC/C=C\CCCCCCCC. The summed E-state index contributed by atoms with van der Waals surface area (Å²) in [6.07, 6.45) is 81.8. The van der Waals surface area contributed by atoms with E-state index in [2.05, 4.69) is 93.7 Å². The Kier molecular flexibility index (Phi) is 60.7. The number of carbonyl (C=O) groups excluding carboxylic acids is 3. The molecule has 75 heavy (non-hydrogen) atoms. The van der Waals surface area contributed by atoms with Gasteiger partial charge in [0.15, 0.2) is 6.10 Å². The molecule has 0 aromatic heterocycles. The molecule has 0 rings (SSSR count). The fraction of sp³-hybridized carbons (Fsp3) is 0.783. The molecule has 0 saturated heterocycles. The second-order valence-corrected chi connectivity index (χ2v) is 21.7. The Morgan fingerprint density at radius 1 is 0.267 bits per heavy atom. The Hall–Kier alpha value is -3.15. The standard InChI is InChI=1S/C69H122O6/c1-4-7-10-13-16-19-22-25-28-31-34-37-40-43-46-49-52-55-58-61-67(70)73-64-66(75-69(72)63-60-57-54-51-48-45-42-39-36-33-30-27-24-21-18-15-12-9-6-3)65-74-68(71)62-59-56-53-50-47-44-41-38-35-32-29-26-23-20-17-14-11-8-5-2/h16,18-19,21,25-30,36,39,66H,4-15,17,20,22-24,31-35,37-38,40-65H2,1-3H3/b19-16-,21-18-,28-25-,29-26-,30-27-,39-36-/t66-/m0/s1. The molecule has 0 aliphatic rings. The Labute approximate surface area is 465 Å². The van der Waals surface area contributed by atoms with Gasteiger partial charge in [-0.3, -0.25) is 14.4 Å². The molecule has 0 N–H and O–H groups in total. The zero-order chi connectivity index (χ0) is 54.3. The van der Waals surface area contributed by atoms with Crippen LogP contribution in [0.25, 0.3) is 0 Å². The van der Waals surface area contributed by atoms with Crippen LogP contribution in [0.1, 0.15) is 329 Å². The van der Waals surface area contributed by atoms with E-state index in [0.29, 0.717) is 19.3 Å². The Morgan fingerprint density at radius 3 is 0.787 bits per heavy atom. The zero-order valence-electron chi connectivity index (χ0n) is 49.8. The van der Waals surface area contributed by atoms with E-state index in [1.54, 1.807) is 0 Å². The predicted molar refractivity (Wildman–Crippen MR) is 325 cm³/mol. The third-order valence-corrected chi connectivity index (χ3v) is 14.2. The van der Waals surface area contributed by atoms with E-state index in [9.17, 15) is 14.4 Å². The average Bonchev–Trinajstić information content (AvgIpc) is 3.41. The van der Waals surface area contributed by atoms with E-state index in [1.165, 1.54) is 199 Å². The number of carbonyl (C=O) groups is 3. The Bertz CT molecular complexity index is 1390. The second-order valence-electron chi connectivity index (χ2n) is 21.7. The van der Waals surface area contributed by atoms with Crippen molar-refractivity contribution in [3.63, 3.8) is 0 Å². The van der Waals surface area contributed by atoms with E-state index in [1.807, 2.05) is 0 Å². The molecule has 0 heterocycles. The van der Waals surface area contributed by atoms with Gasteiger partial charge in [0.1, 0.15) is 13.2 Å². The summed E-state index contributed by atoms with van der Waals surface area (Å²) in [5.74, 6) is -0.885. The maximum Gasteiger partial charge on any atom is 0.306 e. The van der Waals surface area contributed by atoms with Crippen molar-refractivity contribution in [2.75, 3.05) is 13.2 Å². The molecule has 0 aliphatic heterocycles. The molecule has 0 amide bonds. The summed E-state index contributed by atoms with van der Waals surface area (Å²) >= 11 is 0. The van der Waals surface area contributed by atoms with E-state index in [-0.39, 0.29) is 31.1 Å². The third-order valence-electron chi connectivity index (χ3n) is 14.2. The van der Waals surface area contributed by atoms with Crippen molar-refractivity contribution < 1.29 is 28.6 Å². The molecular weight excluding hydrogens is 925 g/mol. The van der Waals surface area contributed by atoms with Gasteiger partial charge in [-0.25, -0.2) is 0 Å². The van der Waals surface area contributed by atoms with Crippen LogP contribution < -0.4 is 0 Å². The van der Waals surface area contributed by atoms with Crippen molar-refractivity contribution >= 4 is 17.9 Å². The first kappa shape index (κ1) is 71.8. The molecule has 0 radical (unpaired) electrons. The molecule has 0 aromatic carbocycles. The highest BCUT2D eigenvalue weighted by molar-refractivity contribution is 5.71. The van der Waals surface area contributed by atoms with Crippen molar-refractivity contribution in [2.45, 2.75) is 335 Å². The van der Waals surface area contributed by atoms with Crippen molar-refractivity contribution in [2.24, 2.45) is 0 Å². The van der Waals surface area contributed by atoms with Crippen molar-refractivity contribution in [1.29, 1.82) is 0 Å². The Morgan fingerprint density at radius 2 is 0.480 bits per heavy atom. The van der Waals surface area contributed by atoms with Crippen LogP contribution in [0.3, 0.4) is 0 Å². The van der Waals surface area contributed by atoms with Gasteiger partial charge in [-0.2, -0.15) is 0 Å². The lowest BCUT2D eigenvalue weighted by molar-refractivity contribution is -0.167. The predicted octanol–water partition coefficient (Wildman–Crippen LogP) is 22.1. The highest BCUT2D eigenvalue weighted by atomic mass is 16.6. The minimum absolute atomic E-state index is 0.0818. The fourth-order valence-corrected chi connectivity index (χ4v) is 9.24. The molecule has 0 spiro atoms. The molecule has 0 fully saturated rings. The average molecular weight is 1050 g/mol. The van der Waals surface area contributed by atoms with Gasteiger partial charge in [0.2, 0.25) is 0 Å². The summed E-state index contributed by atoms with van der Waals surface area (Å²) in [5.41, 5.74) is 0. The normalized spacial score (nSPS) is 12.5. The van der Waals surface area contributed by atoms with Crippen LogP contribution in [0.15, 0.2) is 72.9 Å². The van der Waals surface area contributed by atoms with Crippen LogP contribution in [-0.4, -0.2) is 37.2 Å². The molecule has 6 nitrogen and oxygen atoms in total. The van der Waals surface area contributed by atoms with E-state index in [0.717, 1.165) is 89.9 Å². The van der Waals surface area contributed by atoms with Crippen LogP contribution in [0.4, 0.5) is 0 Å². The number of rotatable bonds is 59. The number of unbranched alkanes of at least 4 members (excludes halogenated alkanes) is 36. The van der Waals surface area contributed by atoms with Gasteiger partial charge < -0.3 is 14.2 Å². The van der Waals surface area contributed by atoms with Gasteiger partial charge >= 0.3 is 17.9 Å². The topological polar surface area (TPSA) is 78.9 Å². The smallest absolute Gasteiger partial charge is 0.306 e. The monoisotopic (exact) mass is 1050 g/mol. The lowest BCUT2D eigenvalue weighted by Crippen LogP contribution is -2.30. The molecule has 6 heteroatoms. The van der Waals surface area contributed by atoms with Crippen molar-refractivity contribution in [3.05, 3.63) is 72.9 Å². The van der Waals surface area contributed by atoms with Gasteiger partial charge in [-0.05, 0) is 116 Å². The number of esters is 3. The van der Waals surface area contributed by atoms with Crippen molar-refractivity contribution in [1.82, 2.24) is 0 Å². The largest absolute Gasteiger partial charge is 0.462 e. The van der Waals surface area contributed by atoms with E-state index >= 15 is 0 Å². The maximum absolute atomic E-state index is 12.9. The van der Waals surface area contributed by atoms with E-state index < -0.39 is 6.10 Å². The molecule has 0 bridgehead atoms. The molecular formula is C69H122O6. The number of hydrogen-bond donors (Lipinski definition) is 0. The van der Waals surface area contributed by atoms with Gasteiger partial charge in [0, 0.05) is 19.3 Å². The molecule has 434 valence electrons. The molecule has 0 aliphatic carbocycles. The van der Waals surface area contributed by atoms with Gasteiger partial charge in [0.25, 0.3) is 0 Å². The van der Waals surface area contributed by atoms with Crippen LogP contribution in [0, 0.1) is 0 Å². The van der Waals surface area contributed by atoms with Crippen LogP contribution in [-0.2, 0) is 28.6 Å². The quantitative estimate of drug-likeness (QED) is 0.0261. The van der Waals surface area contributed by atoms with Crippen molar-refractivity contribution in [3.8, 4) is 0 Å². The van der Waals surface area contributed by atoms with Crippen LogP contribution in [0.5, 0.6) is 0 Å². The third kappa shape index (κ3) is 61.6. The van der Waals surface area contributed by atoms with E-state index in [4.69, 9.17) is 14.2 Å². The fourth-order valence-electron chi connectivity index (χ4n) is 9.24. The minimum Gasteiger partial charge on any atom is -0.462 e. The summed E-state index contributed by atoms with van der Waals surface area (Å²) in [5, 5.41) is 0. The highest BCUT2D eigenvalue weighted by Gasteiger charge is 2.19. The first-order valence-corrected chi connectivity index (χ1v) is 32.4. The van der Waals surface area contributed by atoms with Gasteiger partial charge in [0.05, 0.1) is 0 Å². The Balaban J connectivity index is 4.40. The first-order chi connectivity index (χ1) is 37.0. The lowest BCUT2D eigenvalue weighted by Gasteiger charge is -2.18. The minimum atomic E-state index is -0.787. The van der Waals surface area contributed by atoms with Gasteiger partial charge in [-0.15, -0.1) is 0 Å². The summed E-state index contributed by atoms with van der Waals surface area (Å²) in [4.78, 5) is 38.4. The maximum atomic E-state index is 12.9. The van der Waals surface area contributed by atoms with Crippen LogP contribution in [0.2, 0.25) is 0 Å². The summed E-state index contributed by atoms with van der Waals surface area (Å²) < 4.78 is 16.9. The number of ether oxygens (including phenoxy) is 3. The summed E-state index contributed by atoms with van der Waals surface area (Å²) in [6, 6.07) is 0. The molecule has 0 saturated carbocycles. The second kappa shape index (κ2) is 63.4. The zero-order valence-corrected chi connectivity index (χ0v) is 49.8.